The lowest BCUT2D eigenvalue weighted by atomic mass is 9.82. The lowest BCUT2D eigenvalue weighted by Gasteiger charge is -2.42. The number of benzene rings is 2. The predicted molar refractivity (Wildman–Crippen MR) is 109 cm³/mol. The fraction of sp³-hybridized carbons (Fsp3) is 0.435. The predicted octanol–water partition coefficient (Wildman–Crippen LogP) is 4.46. The first-order valence-electron chi connectivity index (χ1n) is 9.76. The molecule has 2 aromatic carbocycles. The first-order valence-corrected chi connectivity index (χ1v) is 9.76. The SMILES string of the molecule is CCC(=O)C1(Nc2ccccc2)CCN(CCc2cccc(C)c2)CC1. The van der Waals surface area contributed by atoms with Gasteiger partial charge in [0.15, 0.2) is 5.78 Å². The van der Waals surface area contributed by atoms with Gasteiger partial charge in [-0.2, -0.15) is 0 Å². The number of nitrogens with one attached hydrogen (secondary N) is 1. The van der Waals surface area contributed by atoms with Gasteiger partial charge in [0.05, 0.1) is 5.54 Å². The van der Waals surface area contributed by atoms with E-state index in [9.17, 15) is 4.79 Å². The summed E-state index contributed by atoms with van der Waals surface area (Å²) < 4.78 is 0. The Balaban J connectivity index is 1.60. The summed E-state index contributed by atoms with van der Waals surface area (Å²) in [4.78, 5) is 15.2. The van der Waals surface area contributed by atoms with Gasteiger partial charge in [0, 0.05) is 31.7 Å². The van der Waals surface area contributed by atoms with Crippen LogP contribution >= 0.6 is 0 Å². The highest BCUT2D eigenvalue weighted by molar-refractivity contribution is 5.91. The maximum atomic E-state index is 12.7. The number of carbonyl (C=O) groups excluding carboxylic acids is 1. The van der Waals surface area contributed by atoms with Crippen LogP contribution in [0.2, 0.25) is 0 Å². The number of likely N-dealkylation sites (tertiary alicyclic amines) is 1. The van der Waals surface area contributed by atoms with Crippen LogP contribution in [0.4, 0.5) is 5.69 Å². The van der Waals surface area contributed by atoms with E-state index in [0.29, 0.717) is 12.2 Å². The molecule has 0 radical (unpaired) electrons. The van der Waals surface area contributed by atoms with E-state index in [-0.39, 0.29) is 0 Å². The van der Waals surface area contributed by atoms with Gasteiger partial charge in [0.1, 0.15) is 0 Å². The molecule has 0 amide bonds. The average molecular weight is 351 g/mol. The summed E-state index contributed by atoms with van der Waals surface area (Å²) in [5.74, 6) is 0.333. The average Bonchev–Trinajstić information content (AvgIpc) is 2.67. The molecule has 1 heterocycles. The highest BCUT2D eigenvalue weighted by atomic mass is 16.1. The van der Waals surface area contributed by atoms with E-state index in [2.05, 4.69) is 53.5 Å². The van der Waals surface area contributed by atoms with Gasteiger partial charge in [0.25, 0.3) is 0 Å². The molecule has 26 heavy (non-hydrogen) atoms. The number of aryl methyl sites for hydroxylation is 1. The molecule has 0 unspecified atom stereocenters. The zero-order valence-corrected chi connectivity index (χ0v) is 16.0. The van der Waals surface area contributed by atoms with E-state index in [1.165, 1.54) is 11.1 Å². The number of anilines is 1. The van der Waals surface area contributed by atoms with Crippen LogP contribution in [0, 0.1) is 6.92 Å². The Morgan fingerprint density at radius 1 is 1.08 bits per heavy atom. The van der Waals surface area contributed by atoms with Gasteiger partial charge in [-0.05, 0) is 43.9 Å². The topological polar surface area (TPSA) is 32.3 Å². The number of nitrogens with zero attached hydrogens (tertiary/aromatic N) is 1. The van der Waals surface area contributed by atoms with Crippen molar-refractivity contribution >= 4 is 11.5 Å². The largest absolute Gasteiger partial charge is 0.373 e. The Morgan fingerprint density at radius 3 is 2.46 bits per heavy atom. The van der Waals surface area contributed by atoms with E-state index in [1.54, 1.807) is 0 Å². The molecular weight excluding hydrogens is 320 g/mol. The third-order valence-electron chi connectivity index (χ3n) is 5.52. The van der Waals surface area contributed by atoms with Crippen LogP contribution in [-0.2, 0) is 11.2 Å². The number of ketones is 1. The Bertz CT molecular complexity index is 718. The van der Waals surface area contributed by atoms with Gasteiger partial charge in [-0.25, -0.2) is 0 Å². The van der Waals surface area contributed by atoms with Crippen molar-refractivity contribution in [2.75, 3.05) is 25.0 Å². The molecule has 1 N–H and O–H groups in total. The maximum absolute atomic E-state index is 12.7. The molecule has 3 heteroatoms. The van der Waals surface area contributed by atoms with E-state index in [1.807, 2.05) is 25.1 Å². The van der Waals surface area contributed by atoms with E-state index >= 15 is 0 Å². The second kappa shape index (κ2) is 8.50. The molecule has 1 aliphatic rings. The number of hydrogen-bond donors (Lipinski definition) is 1. The Labute approximate surface area is 157 Å². The summed E-state index contributed by atoms with van der Waals surface area (Å²) in [6.07, 6.45) is 3.41. The molecule has 0 atom stereocenters. The Morgan fingerprint density at radius 2 is 1.81 bits per heavy atom. The first kappa shape index (κ1) is 18.7. The molecule has 2 aromatic rings. The molecule has 3 rings (SSSR count). The standard InChI is InChI=1S/C23H30N2O/c1-3-22(26)23(24-21-10-5-4-6-11-21)13-16-25(17-14-23)15-12-20-9-7-8-19(2)18-20/h4-11,18,24H,3,12-17H2,1-2H3. The first-order chi connectivity index (χ1) is 12.6. The highest BCUT2D eigenvalue weighted by Gasteiger charge is 2.39. The molecule has 0 bridgehead atoms. The van der Waals surface area contributed by atoms with Crippen LogP contribution in [-0.4, -0.2) is 35.9 Å². The smallest absolute Gasteiger partial charge is 0.157 e. The molecule has 0 saturated carbocycles. The van der Waals surface area contributed by atoms with Crippen molar-refractivity contribution < 1.29 is 4.79 Å². The number of para-hydroxylation sites is 1. The number of piperidine rings is 1. The number of carbonyl (C=O) groups is 1. The summed E-state index contributed by atoms with van der Waals surface area (Å²) in [5.41, 5.74) is 3.35. The summed E-state index contributed by atoms with van der Waals surface area (Å²) in [7, 11) is 0. The third kappa shape index (κ3) is 4.53. The zero-order chi connectivity index (χ0) is 18.4. The van der Waals surface area contributed by atoms with Gasteiger partial charge < -0.3 is 10.2 Å². The van der Waals surface area contributed by atoms with Crippen molar-refractivity contribution in [1.82, 2.24) is 4.90 Å². The van der Waals surface area contributed by atoms with Crippen LogP contribution in [0.5, 0.6) is 0 Å². The van der Waals surface area contributed by atoms with Crippen LogP contribution in [0.1, 0.15) is 37.3 Å². The molecule has 0 aromatic heterocycles. The van der Waals surface area contributed by atoms with Gasteiger partial charge in [-0.1, -0.05) is 55.0 Å². The normalized spacial score (nSPS) is 17.0. The van der Waals surface area contributed by atoms with Crippen molar-refractivity contribution in [3.8, 4) is 0 Å². The minimum absolute atomic E-state index is 0.333. The number of rotatable bonds is 7. The van der Waals surface area contributed by atoms with Crippen LogP contribution in [0.3, 0.4) is 0 Å². The maximum Gasteiger partial charge on any atom is 0.157 e. The quantitative estimate of drug-likeness (QED) is 0.800. The minimum Gasteiger partial charge on any atom is -0.373 e. The number of Topliss-reactive ketones (excluding diaryl/α,β-unsaturated/α-hetero) is 1. The molecule has 0 aliphatic carbocycles. The number of hydrogen-bond acceptors (Lipinski definition) is 3. The molecule has 1 saturated heterocycles. The van der Waals surface area contributed by atoms with Crippen LogP contribution < -0.4 is 5.32 Å². The molecule has 138 valence electrons. The van der Waals surface area contributed by atoms with Crippen molar-refractivity contribution in [2.24, 2.45) is 0 Å². The second-order valence-electron chi connectivity index (χ2n) is 7.43. The molecule has 1 aliphatic heterocycles. The fourth-order valence-corrected chi connectivity index (χ4v) is 3.92. The summed E-state index contributed by atoms with van der Waals surface area (Å²) in [6, 6.07) is 18.9. The van der Waals surface area contributed by atoms with Crippen molar-refractivity contribution in [3.63, 3.8) is 0 Å². The highest BCUT2D eigenvalue weighted by Crippen LogP contribution is 2.29. The van der Waals surface area contributed by atoms with Gasteiger partial charge in [-0.3, -0.25) is 4.79 Å². The second-order valence-corrected chi connectivity index (χ2v) is 7.43. The van der Waals surface area contributed by atoms with Gasteiger partial charge in [0.2, 0.25) is 0 Å². The van der Waals surface area contributed by atoms with Crippen molar-refractivity contribution in [2.45, 2.75) is 45.1 Å². The van der Waals surface area contributed by atoms with E-state index < -0.39 is 5.54 Å². The van der Waals surface area contributed by atoms with Crippen LogP contribution in [0.25, 0.3) is 0 Å². The van der Waals surface area contributed by atoms with Gasteiger partial charge in [-0.15, -0.1) is 0 Å². The monoisotopic (exact) mass is 350 g/mol. The van der Waals surface area contributed by atoms with Crippen molar-refractivity contribution in [3.05, 3.63) is 65.7 Å². The summed E-state index contributed by atoms with van der Waals surface area (Å²) >= 11 is 0. The Hall–Kier alpha value is -2.13. The molecule has 3 nitrogen and oxygen atoms in total. The minimum atomic E-state index is -0.407. The molecular formula is C23H30N2O. The zero-order valence-electron chi connectivity index (χ0n) is 16.0. The molecule has 1 fully saturated rings. The Kier molecular flexibility index (Phi) is 6.10. The lowest BCUT2D eigenvalue weighted by molar-refractivity contribution is -0.124. The van der Waals surface area contributed by atoms with Crippen LogP contribution in [0.15, 0.2) is 54.6 Å². The lowest BCUT2D eigenvalue weighted by Crippen LogP contribution is -2.54. The van der Waals surface area contributed by atoms with E-state index in [0.717, 1.165) is 44.6 Å². The van der Waals surface area contributed by atoms with Crippen molar-refractivity contribution in [1.29, 1.82) is 0 Å². The third-order valence-corrected chi connectivity index (χ3v) is 5.52. The molecule has 0 spiro atoms. The van der Waals surface area contributed by atoms with Gasteiger partial charge >= 0.3 is 0 Å². The fourth-order valence-electron chi connectivity index (χ4n) is 3.92. The summed E-state index contributed by atoms with van der Waals surface area (Å²) in [6.45, 7) is 7.12. The summed E-state index contributed by atoms with van der Waals surface area (Å²) in [5, 5.41) is 3.57. The van der Waals surface area contributed by atoms with E-state index in [4.69, 9.17) is 0 Å².